The minimum atomic E-state index is 0.490. The van der Waals surface area contributed by atoms with Gasteiger partial charge in [0.15, 0.2) is 0 Å². The van der Waals surface area contributed by atoms with Crippen LogP contribution in [0.4, 0.5) is 0 Å². The van der Waals surface area contributed by atoms with E-state index >= 15 is 0 Å². The van der Waals surface area contributed by atoms with E-state index in [0.717, 1.165) is 17.6 Å². The molecule has 0 aromatic heterocycles. The first-order valence-corrected chi connectivity index (χ1v) is 4.75. The van der Waals surface area contributed by atoms with Crippen LogP contribution < -0.4 is 0 Å². The summed E-state index contributed by atoms with van der Waals surface area (Å²) in [6.07, 6.45) is 0. The summed E-state index contributed by atoms with van der Waals surface area (Å²) in [4.78, 5) is 0.575. The lowest BCUT2D eigenvalue weighted by atomic mass is 10.2. The van der Waals surface area contributed by atoms with Gasteiger partial charge in [0.25, 0.3) is 0 Å². The Hall–Kier alpha value is 0.0300. The summed E-state index contributed by atoms with van der Waals surface area (Å²) in [5.41, 5.74) is 0.876. The van der Waals surface area contributed by atoms with Crippen molar-refractivity contribution >= 4 is 35.2 Å². The Morgan fingerprint density at radius 2 is 2.00 bits per heavy atom. The molecule has 6 heteroatoms. The smallest absolute Gasteiger partial charge is 0.0730 e. The summed E-state index contributed by atoms with van der Waals surface area (Å²) >= 11 is 12.5. The van der Waals surface area contributed by atoms with E-state index in [1.807, 2.05) is 6.92 Å². The molecule has 1 aromatic carbocycles. The van der Waals surface area contributed by atoms with Gasteiger partial charge in [-0.15, -0.1) is 4.33 Å². The average Bonchev–Trinajstić information content (AvgIpc) is 2.09. The van der Waals surface area contributed by atoms with Gasteiger partial charge >= 0.3 is 0 Å². The van der Waals surface area contributed by atoms with E-state index in [2.05, 4.69) is 9.37 Å². The number of rotatable bonds is 3. The zero-order valence-corrected chi connectivity index (χ0v) is 8.91. The quantitative estimate of drug-likeness (QED) is 0.497. The van der Waals surface area contributed by atoms with Crippen molar-refractivity contribution in [1.82, 2.24) is 0 Å². The number of hydrogen-bond acceptors (Lipinski definition) is 4. The van der Waals surface area contributed by atoms with E-state index in [9.17, 15) is 0 Å². The summed E-state index contributed by atoms with van der Waals surface area (Å²) in [5.74, 6) is 0. The highest BCUT2D eigenvalue weighted by molar-refractivity contribution is 7.94. The van der Waals surface area contributed by atoms with Crippen LogP contribution in [0.2, 0.25) is 10.0 Å². The van der Waals surface area contributed by atoms with Gasteiger partial charge in [0, 0.05) is 5.02 Å². The number of aryl methyl sites for hydroxylation is 1. The highest BCUT2D eigenvalue weighted by Crippen LogP contribution is 2.32. The lowest BCUT2D eigenvalue weighted by Crippen LogP contribution is -1.82. The zero-order chi connectivity index (χ0) is 9.84. The van der Waals surface area contributed by atoms with Gasteiger partial charge in [-0.2, -0.15) is 0 Å². The molecule has 1 aromatic rings. The van der Waals surface area contributed by atoms with Gasteiger partial charge < -0.3 is 0 Å². The Labute approximate surface area is 89.6 Å². The minimum Gasteiger partial charge on any atom is -0.220 e. The maximum absolute atomic E-state index is 7.92. The van der Waals surface area contributed by atoms with Crippen LogP contribution in [0.1, 0.15) is 5.56 Å². The fraction of sp³-hybridized carbons (Fsp3) is 0.143. The Balaban J connectivity index is 2.88. The predicted octanol–water partition coefficient (Wildman–Crippen LogP) is 3.73. The standard InChI is InChI=1S/C7H6Cl2O3S/c1-4-2-6(9)7(3-5(4)8)13-12-11-10/h2-3,10H,1H3. The van der Waals surface area contributed by atoms with E-state index in [-0.39, 0.29) is 0 Å². The minimum absolute atomic E-state index is 0.490. The maximum Gasteiger partial charge on any atom is 0.0730 e. The van der Waals surface area contributed by atoms with Crippen molar-refractivity contribution in [2.24, 2.45) is 0 Å². The maximum atomic E-state index is 7.92. The summed E-state index contributed by atoms with van der Waals surface area (Å²) in [7, 11) is 0. The van der Waals surface area contributed by atoms with Crippen molar-refractivity contribution < 1.29 is 14.6 Å². The van der Waals surface area contributed by atoms with E-state index in [0.29, 0.717) is 14.9 Å². The van der Waals surface area contributed by atoms with Gasteiger partial charge in [-0.1, -0.05) is 28.2 Å². The fourth-order valence-electron chi connectivity index (χ4n) is 0.744. The molecule has 0 heterocycles. The van der Waals surface area contributed by atoms with Gasteiger partial charge in [0.05, 0.1) is 22.0 Å². The van der Waals surface area contributed by atoms with Crippen LogP contribution in [-0.4, -0.2) is 5.26 Å². The molecule has 0 unspecified atom stereocenters. The molecule has 0 radical (unpaired) electrons. The van der Waals surface area contributed by atoms with Crippen molar-refractivity contribution in [1.29, 1.82) is 0 Å². The second-order valence-corrected chi connectivity index (χ2v) is 3.81. The topological polar surface area (TPSA) is 38.7 Å². The first kappa shape index (κ1) is 11.1. The highest BCUT2D eigenvalue weighted by atomic mass is 35.5. The van der Waals surface area contributed by atoms with Gasteiger partial charge in [-0.3, -0.25) is 0 Å². The SMILES string of the molecule is Cc1cc(Cl)c(SOOO)cc1Cl. The molecule has 1 N–H and O–H groups in total. The van der Waals surface area contributed by atoms with Gasteiger partial charge in [-0.25, -0.2) is 5.26 Å². The van der Waals surface area contributed by atoms with Crippen LogP contribution in [0.25, 0.3) is 0 Å². The number of benzene rings is 1. The van der Waals surface area contributed by atoms with Crippen molar-refractivity contribution in [3.05, 3.63) is 27.7 Å². The fourth-order valence-corrected chi connectivity index (χ4v) is 1.69. The molecule has 0 fully saturated rings. The Morgan fingerprint density at radius 3 is 2.62 bits per heavy atom. The third kappa shape index (κ3) is 3.02. The Kier molecular flexibility index (Phi) is 4.31. The molecular weight excluding hydrogens is 235 g/mol. The third-order valence-electron chi connectivity index (χ3n) is 1.37. The van der Waals surface area contributed by atoms with E-state index in [1.165, 1.54) is 0 Å². The van der Waals surface area contributed by atoms with Gasteiger partial charge in [0.1, 0.15) is 0 Å². The van der Waals surface area contributed by atoms with E-state index in [1.54, 1.807) is 12.1 Å². The van der Waals surface area contributed by atoms with E-state index < -0.39 is 0 Å². The van der Waals surface area contributed by atoms with Gasteiger partial charge in [-0.05, 0) is 24.6 Å². The molecule has 1 rings (SSSR count). The van der Waals surface area contributed by atoms with Crippen molar-refractivity contribution in [2.75, 3.05) is 0 Å². The van der Waals surface area contributed by atoms with Crippen LogP contribution >= 0.6 is 35.2 Å². The molecule has 0 saturated carbocycles. The molecule has 3 nitrogen and oxygen atoms in total. The van der Waals surface area contributed by atoms with Gasteiger partial charge in [0.2, 0.25) is 0 Å². The summed E-state index contributed by atoms with van der Waals surface area (Å²) in [5, 5.41) is 12.4. The molecule has 0 aliphatic carbocycles. The lowest BCUT2D eigenvalue weighted by Gasteiger charge is -2.03. The normalized spacial score (nSPS) is 10.5. The molecule has 13 heavy (non-hydrogen) atoms. The second-order valence-electron chi connectivity index (χ2n) is 2.26. The van der Waals surface area contributed by atoms with Crippen LogP contribution in [0.5, 0.6) is 0 Å². The Morgan fingerprint density at radius 1 is 1.31 bits per heavy atom. The molecule has 0 aliphatic rings. The van der Waals surface area contributed by atoms with Crippen LogP contribution in [0, 0.1) is 6.92 Å². The first-order valence-electron chi connectivity index (χ1n) is 3.25. The second kappa shape index (κ2) is 5.05. The third-order valence-corrected chi connectivity index (χ3v) is 2.85. The summed E-state index contributed by atoms with van der Waals surface area (Å²) < 4.78 is 4.22. The highest BCUT2D eigenvalue weighted by Gasteiger charge is 2.06. The molecule has 72 valence electrons. The van der Waals surface area contributed by atoms with Crippen molar-refractivity contribution in [3.8, 4) is 0 Å². The summed E-state index contributed by atoms with van der Waals surface area (Å²) in [6, 6.07) is 3.33. The molecule has 0 spiro atoms. The predicted molar refractivity (Wildman–Crippen MR) is 51.9 cm³/mol. The largest absolute Gasteiger partial charge is 0.220 e. The lowest BCUT2D eigenvalue weighted by molar-refractivity contribution is -0.432. The number of halogens is 2. The molecule has 0 bridgehead atoms. The molecule has 0 saturated heterocycles. The monoisotopic (exact) mass is 240 g/mol. The first-order chi connectivity index (χ1) is 6.15. The molecule has 0 aliphatic heterocycles. The zero-order valence-electron chi connectivity index (χ0n) is 6.58. The van der Waals surface area contributed by atoms with Crippen LogP contribution in [0.3, 0.4) is 0 Å². The Bertz CT molecular complexity index is 306. The van der Waals surface area contributed by atoms with E-state index in [4.69, 9.17) is 28.5 Å². The van der Waals surface area contributed by atoms with Crippen LogP contribution in [-0.2, 0) is 9.37 Å². The molecule has 0 amide bonds. The molecule has 0 atom stereocenters. The van der Waals surface area contributed by atoms with Crippen LogP contribution in [0.15, 0.2) is 17.0 Å². The number of hydrogen-bond donors (Lipinski definition) is 1. The van der Waals surface area contributed by atoms with Crippen molar-refractivity contribution in [3.63, 3.8) is 0 Å². The van der Waals surface area contributed by atoms with Crippen molar-refractivity contribution in [2.45, 2.75) is 11.8 Å². The average molecular weight is 241 g/mol. The molecular formula is C7H6Cl2O3S. The summed E-state index contributed by atoms with van der Waals surface area (Å²) in [6.45, 7) is 1.84.